The van der Waals surface area contributed by atoms with Crippen molar-refractivity contribution in [3.8, 4) is 11.4 Å². The lowest BCUT2D eigenvalue weighted by atomic mass is 10.1. The first-order chi connectivity index (χ1) is 9.76. The average molecular weight is 271 g/mol. The van der Waals surface area contributed by atoms with Gasteiger partial charge < -0.3 is 10.2 Å². The van der Waals surface area contributed by atoms with Crippen molar-refractivity contribution < 1.29 is 0 Å². The highest BCUT2D eigenvalue weighted by Gasteiger charge is 2.20. The Bertz CT molecular complexity index is 552. The molecule has 2 N–H and O–H groups in total. The van der Waals surface area contributed by atoms with Crippen LogP contribution in [0.5, 0.6) is 0 Å². The van der Waals surface area contributed by atoms with E-state index in [1.165, 1.54) is 5.56 Å². The van der Waals surface area contributed by atoms with Crippen LogP contribution in [0.25, 0.3) is 11.4 Å². The molecule has 1 saturated heterocycles. The van der Waals surface area contributed by atoms with E-state index in [1.807, 2.05) is 7.05 Å². The average Bonchev–Trinajstić information content (AvgIpc) is 2.98. The SMILES string of the molecule is CNC1CCN(c2n[nH]c(-c3ccc(C)cc3)n2)CC1. The van der Waals surface area contributed by atoms with E-state index in [1.54, 1.807) is 0 Å². The van der Waals surface area contributed by atoms with E-state index in [4.69, 9.17) is 0 Å². The molecule has 0 aliphatic carbocycles. The quantitative estimate of drug-likeness (QED) is 0.896. The first-order valence-electron chi connectivity index (χ1n) is 7.18. The van der Waals surface area contributed by atoms with E-state index in [0.717, 1.165) is 43.3 Å². The number of H-pyrrole nitrogens is 1. The Balaban J connectivity index is 1.72. The van der Waals surface area contributed by atoms with E-state index >= 15 is 0 Å². The van der Waals surface area contributed by atoms with E-state index in [2.05, 4.69) is 56.6 Å². The summed E-state index contributed by atoms with van der Waals surface area (Å²) < 4.78 is 0. The van der Waals surface area contributed by atoms with E-state index in [-0.39, 0.29) is 0 Å². The number of hydrogen-bond acceptors (Lipinski definition) is 4. The predicted molar refractivity (Wildman–Crippen MR) is 80.9 cm³/mol. The summed E-state index contributed by atoms with van der Waals surface area (Å²) >= 11 is 0. The van der Waals surface area contributed by atoms with Gasteiger partial charge in [-0.3, -0.25) is 5.10 Å². The number of benzene rings is 1. The zero-order valence-electron chi connectivity index (χ0n) is 12.1. The Labute approximate surface area is 119 Å². The monoisotopic (exact) mass is 271 g/mol. The number of nitrogens with one attached hydrogen (secondary N) is 2. The van der Waals surface area contributed by atoms with Crippen molar-refractivity contribution in [3.05, 3.63) is 29.8 Å². The number of hydrogen-bond donors (Lipinski definition) is 2. The summed E-state index contributed by atoms with van der Waals surface area (Å²) in [5.41, 5.74) is 2.34. The second kappa shape index (κ2) is 5.63. The van der Waals surface area contributed by atoms with Gasteiger partial charge in [0.25, 0.3) is 0 Å². The number of aromatic amines is 1. The molecule has 0 unspecified atom stereocenters. The molecule has 0 spiro atoms. The van der Waals surface area contributed by atoms with Gasteiger partial charge in [-0.15, -0.1) is 5.10 Å². The largest absolute Gasteiger partial charge is 0.339 e. The van der Waals surface area contributed by atoms with Crippen LogP contribution in [-0.4, -0.2) is 41.4 Å². The van der Waals surface area contributed by atoms with Gasteiger partial charge in [0.1, 0.15) is 0 Å². The third-order valence-electron chi connectivity index (χ3n) is 3.98. The smallest absolute Gasteiger partial charge is 0.245 e. The second-order valence-corrected chi connectivity index (χ2v) is 5.40. The molecule has 2 heterocycles. The highest BCUT2D eigenvalue weighted by molar-refractivity contribution is 5.56. The van der Waals surface area contributed by atoms with E-state index in [0.29, 0.717) is 6.04 Å². The number of rotatable bonds is 3. The van der Waals surface area contributed by atoms with Crippen molar-refractivity contribution in [1.82, 2.24) is 20.5 Å². The van der Waals surface area contributed by atoms with Crippen LogP contribution in [0.2, 0.25) is 0 Å². The van der Waals surface area contributed by atoms with Gasteiger partial charge in [0.15, 0.2) is 5.82 Å². The molecule has 0 bridgehead atoms. The summed E-state index contributed by atoms with van der Waals surface area (Å²) in [5, 5.41) is 10.7. The van der Waals surface area contributed by atoms with Crippen LogP contribution in [-0.2, 0) is 0 Å². The maximum absolute atomic E-state index is 4.62. The highest BCUT2D eigenvalue weighted by atomic mass is 15.4. The zero-order chi connectivity index (χ0) is 13.9. The highest BCUT2D eigenvalue weighted by Crippen LogP contribution is 2.20. The van der Waals surface area contributed by atoms with Gasteiger partial charge in [-0.2, -0.15) is 4.98 Å². The normalized spacial score (nSPS) is 16.6. The van der Waals surface area contributed by atoms with Crippen LogP contribution < -0.4 is 10.2 Å². The molecule has 1 aromatic carbocycles. The molecular formula is C15H21N5. The van der Waals surface area contributed by atoms with Crippen LogP contribution >= 0.6 is 0 Å². The Morgan fingerprint density at radius 1 is 1.20 bits per heavy atom. The molecule has 5 nitrogen and oxygen atoms in total. The fraction of sp³-hybridized carbons (Fsp3) is 0.467. The summed E-state index contributed by atoms with van der Waals surface area (Å²) in [7, 11) is 2.03. The van der Waals surface area contributed by atoms with Gasteiger partial charge in [0.05, 0.1) is 0 Å². The third-order valence-corrected chi connectivity index (χ3v) is 3.98. The van der Waals surface area contributed by atoms with Crippen LogP contribution in [0.4, 0.5) is 5.95 Å². The summed E-state index contributed by atoms with van der Waals surface area (Å²) in [4.78, 5) is 6.88. The number of piperidine rings is 1. The fourth-order valence-electron chi connectivity index (χ4n) is 2.60. The van der Waals surface area contributed by atoms with Crippen molar-refractivity contribution in [2.24, 2.45) is 0 Å². The lowest BCUT2D eigenvalue weighted by Crippen LogP contribution is -2.41. The molecule has 5 heteroatoms. The Hall–Kier alpha value is -1.88. The van der Waals surface area contributed by atoms with Crippen molar-refractivity contribution in [1.29, 1.82) is 0 Å². The first-order valence-corrected chi connectivity index (χ1v) is 7.18. The van der Waals surface area contributed by atoms with Crippen LogP contribution in [0.15, 0.2) is 24.3 Å². The maximum atomic E-state index is 4.62. The maximum Gasteiger partial charge on any atom is 0.245 e. The van der Waals surface area contributed by atoms with Crippen LogP contribution in [0.1, 0.15) is 18.4 Å². The fourth-order valence-corrected chi connectivity index (χ4v) is 2.60. The zero-order valence-corrected chi connectivity index (χ0v) is 12.1. The first kappa shape index (κ1) is 13.1. The molecule has 1 fully saturated rings. The summed E-state index contributed by atoms with van der Waals surface area (Å²) in [5.74, 6) is 1.66. The van der Waals surface area contributed by atoms with Crippen LogP contribution in [0.3, 0.4) is 0 Å². The number of anilines is 1. The van der Waals surface area contributed by atoms with Crippen molar-refractivity contribution in [3.63, 3.8) is 0 Å². The lowest BCUT2D eigenvalue weighted by Gasteiger charge is -2.30. The topological polar surface area (TPSA) is 56.8 Å². The molecule has 0 atom stereocenters. The van der Waals surface area contributed by atoms with Crippen molar-refractivity contribution in [2.75, 3.05) is 25.0 Å². The molecule has 0 radical (unpaired) electrons. The molecule has 106 valence electrons. The minimum Gasteiger partial charge on any atom is -0.339 e. The van der Waals surface area contributed by atoms with E-state index in [9.17, 15) is 0 Å². The Morgan fingerprint density at radius 2 is 1.90 bits per heavy atom. The lowest BCUT2D eigenvalue weighted by molar-refractivity contribution is 0.439. The number of aromatic nitrogens is 3. The minimum absolute atomic E-state index is 0.627. The van der Waals surface area contributed by atoms with Crippen molar-refractivity contribution in [2.45, 2.75) is 25.8 Å². The summed E-state index contributed by atoms with van der Waals surface area (Å²) in [6.45, 7) is 4.11. The van der Waals surface area contributed by atoms with E-state index < -0.39 is 0 Å². The Kier molecular flexibility index (Phi) is 3.69. The van der Waals surface area contributed by atoms with Crippen LogP contribution in [0, 0.1) is 6.92 Å². The third kappa shape index (κ3) is 2.67. The molecule has 1 aliphatic heterocycles. The summed E-state index contributed by atoms with van der Waals surface area (Å²) in [6, 6.07) is 8.97. The van der Waals surface area contributed by atoms with Gasteiger partial charge in [-0.25, -0.2) is 0 Å². The number of nitrogens with zero attached hydrogens (tertiary/aromatic N) is 3. The van der Waals surface area contributed by atoms with Gasteiger partial charge in [0, 0.05) is 24.7 Å². The molecule has 2 aromatic rings. The second-order valence-electron chi connectivity index (χ2n) is 5.40. The van der Waals surface area contributed by atoms with Gasteiger partial charge in [-0.05, 0) is 26.8 Å². The molecule has 20 heavy (non-hydrogen) atoms. The standard InChI is InChI=1S/C15H21N5/c1-11-3-5-12(6-4-11)14-17-15(19-18-14)20-9-7-13(16-2)8-10-20/h3-6,13,16H,7-10H2,1-2H3,(H,17,18,19). The Morgan fingerprint density at radius 3 is 2.55 bits per heavy atom. The summed E-state index contributed by atoms with van der Waals surface area (Å²) in [6.07, 6.45) is 2.29. The van der Waals surface area contributed by atoms with Gasteiger partial charge >= 0.3 is 0 Å². The molecule has 0 amide bonds. The molecule has 3 rings (SSSR count). The molecule has 1 aliphatic rings. The number of aryl methyl sites for hydroxylation is 1. The van der Waals surface area contributed by atoms with Gasteiger partial charge in [0.2, 0.25) is 5.95 Å². The molecular weight excluding hydrogens is 250 g/mol. The molecule has 1 aromatic heterocycles. The van der Waals surface area contributed by atoms with Crippen molar-refractivity contribution >= 4 is 5.95 Å². The molecule has 0 saturated carbocycles. The predicted octanol–water partition coefficient (Wildman–Crippen LogP) is 1.97. The van der Waals surface area contributed by atoms with Gasteiger partial charge in [-0.1, -0.05) is 29.8 Å². The minimum atomic E-state index is 0.627.